The van der Waals surface area contributed by atoms with Gasteiger partial charge in [-0.15, -0.1) is 11.3 Å². The fraction of sp³-hybridized carbons (Fsp3) is 0.235. The van der Waals surface area contributed by atoms with Crippen LogP contribution in [0.2, 0.25) is 0 Å². The number of hydrogen-bond donors (Lipinski definition) is 0. The quantitative estimate of drug-likeness (QED) is 0.743. The molecule has 2 heterocycles. The minimum atomic E-state index is 0.0800. The van der Waals surface area contributed by atoms with Gasteiger partial charge in [0, 0.05) is 36.8 Å². The molecule has 1 amide bonds. The molecule has 22 heavy (non-hydrogen) atoms. The van der Waals surface area contributed by atoms with Gasteiger partial charge in [-0.05, 0) is 23.9 Å². The topological polar surface area (TPSA) is 46.1 Å². The van der Waals surface area contributed by atoms with Crippen molar-refractivity contribution in [3.63, 3.8) is 0 Å². The van der Waals surface area contributed by atoms with E-state index in [9.17, 15) is 4.79 Å². The molecule has 0 bridgehead atoms. The average Bonchev–Trinajstić information content (AvgIpc) is 2.92. The van der Waals surface area contributed by atoms with Crippen molar-refractivity contribution >= 4 is 28.0 Å². The molecule has 4 nitrogen and oxygen atoms in total. The molecule has 1 aromatic carbocycles. The SMILES string of the molecule is Cc1nc(CC(=O)N(C)Cc2cccc3cnccc23)cs1. The van der Waals surface area contributed by atoms with Crippen LogP contribution < -0.4 is 0 Å². The van der Waals surface area contributed by atoms with E-state index in [-0.39, 0.29) is 5.91 Å². The van der Waals surface area contributed by atoms with Crippen molar-refractivity contribution in [2.24, 2.45) is 0 Å². The summed E-state index contributed by atoms with van der Waals surface area (Å²) in [7, 11) is 1.83. The Bertz CT molecular complexity index is 807. The molecule has 5 heteroatoms. The maximum Gasteiger partial charge on any atom is 0.228 e. The summed E-state index contributed by atoms with van der Waals surface area (Å²) < 4.78 is 0. The molecule has 0 spiro atoms. The highest BCUT2D eigenvalue weighted by atomic mass is 32.1. The zero-order valence-corrected chi connectivity index (χ0v) is 13.4. The molecule has 3 aromatic rings. The second-order valence-corrected chi connectivity index (χ2v) is 6.36. The Balaban J connectivity index is 1.75. The van der Waals surface area contributed by atoms with Crippen LogP contribution in [-0.2, 0) is 17.8 Å². The number of hydrogen-bond acceptors (Lipinski definition) is 4. The van der Waals surface area contributed by atoms with Gasteiger partial charge in [-0.2, -0.15) is 0 Å². The summed E-state index contributed by atoms with van der Waals surface area (Å²) in [5, 5.41) is 5.18. The van der Waals surface area contributed by atoms with E-state index >= 15 is 0 Å². The Morgan fingerprint density at radius 2 is 2.18 bits per heavy atom. The molecule has 0 saturated carbocycles. The Morgan fingerprint density at radius 3 is 2.95 bits per heavy atom. The lowest BCUT2D eigenvalue weighted by atomic mass is 10.1. The predicted octanol–water partition coefficient (Wildman–Crippen LogP) is 3.20. The largest absolute Gasteiger partial charge is 0.341 e. The van der Waals surface area contributed by atoms with Crippen LogP contribution in [0.4, 0.5) is 0 Å². The highest BCUT2D eigenvalue weighted by Crippen LogP contribution is 2.19. The fourth-order valence-corrected chi connectivity index (χ4v) is 3.06. The van der Waals surface area contributed by atoms with Crippen LogP contribution in [0.5, 0.6) is 0 Å². The second kappa shape index (κ2) is 6.23. The number of carbonyl (C=O) groups excluding carboxylic acids is 1. The molecule has 0 fully saturated rings. The Kier molecular flexibility index (Phi) is 4.15. The summed E-state index contributed by atoms with van der Waals surface area (Å²) in [6.07, 6.45) is 3.98. The van der Waals surface area contributed by atoms with E-state index in [4.69, 9.17) is 0 Å². The van der Waals surface area contributed by atoms with Gasteiger partial charge >= 0.3 is 0 Å². The molecule has 0 aliphatic heterocycles. The molecule has 0 radical (unpaired) electrons. The standard InChI is InChI=1S/C17H17N3OS/c1-12-19-15(11-22-12)8-17(21)20(2)10-14-5-3-4-13-9-18-7-6-16(13)14/h3-7,9,11H,8,10H2,1-2H3. The van der Waals surface area contributed by atoms with Crippen molar-refractivity contribution < 1.29 is 4.79 Å². The number of thiazole rings is 1. The number of amides is 1. The summed E-state index contributed by atoms with van der Waals surface area (Å²) in [5.41, 5.74) is 1.98. The predicted molar refractivity (Wildman–Crippen MR) is 88.8 cm³/mol. The third kappa shape index (κ3) is 3.14. The number of rotatable bonds is 4. The van der Waals surface area contributed by atoms with Crippen molar-refractivity contribution in [1.82, 2.24) is 14.9 Å². The first-order chi connectivity index (χ1) is 10.6. The van der Waals surface area contributed by atoms with Crippen molar-refractivity contribution in [2.75, 3.05) is 7.05 Å². The van der Waals surface area contributed by atoms with Gasteiger partial charge in [0.25, 0.3) is 0 Å². The van der Waals surface area contributed by atoms with Gasteiger partial charge in [0.1, 0.15) is 0 Å². The first kappa shape index (κ1) is 14.7. The van der Waals surface area contributed by atoms with E-state index in [0.717, 1.165) is 27.0 Å². The number of aromatic nitrogens is 2. The van der Waals surface area contributed by atoms with Crippen LogP contribution in [0.3, 0.4) is 0 Å². The van der Waals surface area contributed by atoms with Crippen LogP contribution in [0, 0.1) is 6.92 Å². The molecular weight excluding hydrogens is 294 g/mol. The molecular formula is C17H17N3OS. The van der Waals surface area contributed by atoms with E-state index in [1.54, 1.807) is 22.4 Å². The second-order valence-electron chi connectivity index (χ2n) is 5.30. The Hall–Kier alpha value is -2.27. The van der Waals surface area contributed by atoms with E-state index in [2.05, 4.69) is 16.0 Å². The van der Waals surface area contributed by atoms with Crippen molar-refractivity contribution in [3.05, 3.63) is 58.3 Å². The van der Waals surface area contributed by atoms with Crippen molar-refractivity contribution in [1.29, 1.82) is 0 Å². The highest BCUT2D eigenvalue weighted by Gasteiger charge is 2.13. The zero-order chi connectivity index (χ0) is 15.5. The third-order valence-corrected chi connectivity index (χ3v) is 4.43. The number of pyridine rings is 1. The van der Waals surface area contributed by atoms with E-state index in [0.29, 0.717) is 13.0 Å². The molecule has 112 valence electrons. The molecule has 0 saturated heterocycles. The van der Waals surface area contributed by atoms with Gasteiger partial charge in [0.2, 0.25) is 5.91 Å². The molecule has 3 rings (SSSR count). The number of likely N-dealkylation sites (N-methyl/N-ethyl adjacent to an activating group) is 1. The van der Waals surface area contributed by atoms with Crippen LogP contribution in [0.15, 0.2) is 42.0 Å². The van der Waals surface area contributed by atoms with E-state index in [1.807, 2.05) is 43.7 Å². The molecule has 2 aromatic heterocycles. The van der Waals surface area contributed by atoms with Crippen molar-refractivity contribution in [3.8, 4) is 0 Å². The smallest absolute Gasteiger partial charge is 0.228 e. The summed E-state index contributed by atoms with van der Waals surface area (Å²) in [6.45, 7) is 2.54. The lowest BCUT2D eigenvalue weighted by Crippen LogP contribution is -2.27. The number of benzene rings is 1. The van der Waals surface area contributed by atoms with E-state index in [1.165, 1.54) is 0 Å². The lowest BCUT2D eigenvalue weighted by Gasteiger charge is -2.18. The number of fused-ring (bicyclic) bond motifs is 1. The summed E-state index contributed by atoms with van der Waals surface area (Å²) in [4.78, 5) is 22.6. The minimum Gasteiger partial charge on any atom is -0.341 e. The zero-order valence-electron chi connectivity index (χ0n) is 12.6. The van der Waals surface area contributed by atoms with Crippen LogP contribution in [0.1, 0.15) is 16.3 Å². The third-order valence-electron chi connectivity index (χ3n) is 3.60. The molecule has 0 aliphatic carbocycles. The maximum absolute atomic E-state index is 12.3. The van der Waals surface area contributed by atoms with Gasteiger partial charge in [0.15, 0.2) is 0 Å². The fourth-order valence-electron chi connectivity index (χ4n) is 2.45. The summed E-state index contributed by atoms with van der Waals surface area (Å²) >= 11 is 1.58. The van der Waals surface area contributed by atoms with Crippen molar-refractivity contribution in [2.45, 2.75) is 19.9 Å². The normalized spacial score (nSPS) is 10.8. The Morgan fingerprint density at radius 1 is 1.32 bits per heavy atom. The van der Waals surface area contributed by atoms with Gasteiger partial charge < -0.3 is 4.90 Å². The first-order valence-corrected chi connectivity index (χ1v) is 7.98. The summed E-state index contributed by atoms with van der Waals surface area (Å²) in [5.74, 6) is 0.0800. The molecule has 0 atom stereocenters. The number of nitrogens with zero attached hydrogens (tertiary/aromatic N) is 3. The number of carbonyl (C=O) groups is 1. The highest BCUT2D eigenvalue weighted by molar-refractivity contribution is 7.09. The molecule has 0 unspecified atom stereocenters. The number of aryl methyl sites for hydroxylation is 1. The van der Waals surface area contributed by atoms with Crippen LogP contribution >= 0.6 is 11.3 Å². The summed E-state index contributed by atoms with van der Waals surface area (Å²) in [6, 6.07) is 8.08. The molecule has 0 aliphatic rings. The van der Waals surface area contributed by atoms with Gasteiger partial charge in [-0.3, -0.25) is 9.78 Å². The lowest BCUT2D eigenvalue weighted by molar-refractivity contribution is -0.129. The van der Waals surface area contributed by atoms with E-state index < -0.39 is 0 Å². The molecule has 0 N–H and O–H groups in total. The monoisotopic (exact) mass is 311 g/mol. The minimum absolute atomic E-state index is 0.0800. The van der Waals surface area contributed by atoms with Gasteiger partial charge in [-0.1, -0.05) is 18.2 Å². The van der Waals surface area contributed by atoms with Crippen LogP contribution in [-0.4, -0.2) is 27.8 Å². The van der Waals surface area contributed by atoms with Gasteiger partial charge in [-0.25, -0.2) is 4.98 Å². The average molecular weight is 311 g/mol. The first-order valence-electron chi connectivity index (χ1n) is 7.10. The van der Waals surface area contributed by atoms with Gasteiger partial charge in [0.05, 0.1) is 17.1 Å². The maximum atomic E-state index is 12.3. The Labute approximate surface area is 133 Å². The van der Waals surface area contributed by atoms with Crippen LogP contribution in [0.25, 0.3) is 10.8 Å².